The molecule has 84 valence electrons. The first kappa shape index (κ1) is 12.0. The van der Waals surface area contributed by atoms with Crippen molar-refractivity contribution < 1.29 is 0 Å². The summed E-state index contributed by atoms with van der Waals surface area (Å²) in [6.07, 6.45) is 5.34. The number of nitrogens with zero attached hydrogens (tertiary/aromatic N) is 1. The predicted molar refractivity (Wildman–Crippen MR) is 62.6 cm³/mol. The summed E-state index contributed by atoms with van der Waals surface area (Å²) in [7, 11) is 4.48. The molecule has 0 aromatic rings. The van der Waals surface area contributed by atoms with Gasteiger partial charge in [-0.1, -0.05) is 13.8 Å². The number of rotatable bonds is 4. The minimum atomic E-state index is 0.482. The Morgan fingerprint density at radius 1 is 1.21 bits per heavy atom. The van der Waals surface area contributed by atoms with Crippen molar-refractivity contribution >= 4 is 0 Å². The highest BCUT2D eigenvalue weighted by molar-refractivity contribution is 4.92. The van der Waals surface area contributed by atoms with Crippen molar-refractivity contribution in [2.75, 3.05) is 27.2 Å². The number of nitrogens with one attached hydrogen (secondary N) is 1. The molecule has 0 saturated carbocycles. The molecule has 0 bridgehead atoms. The van der Waals surface area contributed by atoms with Crippen LogP contribution < -0.4 is 5.32 Å². The summed E-state index contributed by atoms with van der Waals surface area (Å²) in [4.78, 5) is 2.45. The van der Waals surface area contributed by atoms with Crippen molar-refractivity contribution in [1.29, 1.82) is 0 Å². The highest BCUT2D eigenvalue weighted by atomic mass is 15.2. The lowest BCUT2D eigenvalue weighted by atomic mass is 9.81. The maximum atomic E-state index is 3.46. The third-order valence-corrected chi connectivity index (χ3v) is 3.67. The lowest BCUT2D eigenvalue weighted by Gasteiger charge is -2.44. The molecule has 1 aliphatic heterocycles. The molecule has 0 aromatic heterocycles. The van der Waals surface area contributed by atoms with Crippen molar-refractivity contribution in [2.45, 2.75) is 45.1 Å². The van der Waals surface area contributed by atoms with Gasteiger partial charge in [-0.25, -0.2) is 0 Å². The topological polar surface area (TPSA) is 15.3 Å². The van der Waals surface area contributed by atoms with E-state index in [9.17, 15) is 0 Å². The molecule has 0 radical (unpaired) electrons. The molecule has 1 saturated heterocycles. The van der Waals surface area contributed by atoms with Gasteiger partial charge in [0.05, 0.1) is 0 Å². The van der Waals surface area contributed by atoms with E-state index in [1.807, 2.05) is 0 Å². The molecule has 2 heteroatoms. The molecular weight excluding hydrogens is 172 g/mol. The molecule has 0 aromatic carbocycles. The minimum absolute atomic E-state index is 0.482. The summed E-state index contributed by atoms with van der Waals surface area (Å²) < 4.78 is 0. The zero-order valence-corrected chi connectivity index (χ0v) is 10.3. The molecule has 1 fully saturated rings. The van der Waals surface area contributed by atoms with Crippen LogP contribution >= 0.6 is 0 Å². The van der Waals surface area contributed by atoms with E-state index in [0.717, 1.165) is 5.92 Å². The van der Waals surface area contributed by atoms with Crippen molar-refractivity contribution in [3.05, 3.63) is 0 Å². The lowest BCUT2D eigenvalue weighted by molar-refractivity contribution is 0.0915. The summed E-state index contributed by atoms with van der Waals surface area (Å²) in [5.41, 5.74) is 0.482. The van der Waals surface area contributed by atoms with E-state index in [0.29, 0.717) is 5.54 Å². The van der Waals surface area contributed by atoms with Gasteiger partial charge in [-0.15, -0.1) is 0 Å². The van der Waals surface area contributed by atoms with Crippen LogP contribution in [0.15, 0.2) is 0 Å². The van der Waals surface area contributed by atoms with E-state index >= 15 is 0 Å². The van der Waals surface area contributed by atoms with Gasteiger partial charge >= 0.3 is 0 Å². The summed E-state index contributed by atoms with van der Waals surface area (Å²) in [5, 5.41) is 3.46. The number of hydrogen-bond acceptors (Lipinski definition) is 2. The fraction of sp³-hybridized carbons (Fsp3) is 1.00. The smallest absolute Gasteiger partial charge is 0.0227 e. The predicted octanol–water partition coefficient (Wildman–Crippen LogP) is 2.11. The third kappa shape index (κ3) is 2.96. The Balaban J connectivity index is 2.52. The normalized spacial score (nSPS) is 21.9. The Morgan fingerprint density at radius 3 is 2.21 bits per heavy atom. The van der Waals surface area contributed by atoms with Crippen LogP contribution in [0.4, 0.5) is 0 Å². The van der Waals surface area contributed by atoms with Gasteiger partial charge in [0.15, 0.2) is 0 Å². The third-order valence-electron chi connectivity index (χ3n) is 3.67. The molecule has 14 heavy (non-hydrogen) atoms. The second-order valence-corrected chi connectivity index (χ2v) is 5.30. The Morgan fingerprint density at radius 2 is 1.79 bits per heavy atom. The van der Waals surface area contributed by atoms with E-state index < -0.39 is 0 Å². The maximum Gasteiger partial charge on any atom is 0.0227 e. The molecule has 0 amide bonds. The minimum Gasteiger partial charge on any atom is -0.317 e. The van der Waals surface area contributed by atoms with E-state index in [1.165, 1.54) is 38.8 Å². The Bertz CT molecular complexity index is 158. The molecule has 0 unspecified atom stereocenters. The SMILES string of the molecule is CC(C)CCC1(N(C)C)CCNCC1. The fourth-order valence-corrected chi connectivity index (χ4v) is 2.37. The summed E-state index contributed by atoms with van der Waals surface area (Å²) >= 11 is 0. The van der Waals surface area contributed by atoms with Crippen LogP contribution in [0, 0.1) is 5.92 Å². The first-order chi connectivity index (χ1) is 6.57. The van der Waals surface area contributed by atoms with Crippen LogP contribution in [0.2, 0.25) is 0 Å². The van der Waals surface area contributed by atoms with Crippen molar-refractivity contribution in [3.8, 4) is 0 Å². The molecule has 1 rings (SSSR count). The maximum absolute atomic E-state index is 3.46. The fourth-order valence-electron chi connectivity index (χ4n) is 2.37. The zero-order valence-electron chi connectivity index (χ0n) is 10.3. The molecule has 0 atom stereocenters. The standard InChI is InChI=1S/C12H26N2/c1-11(2)5-6-12(14(3)4)7-9-13-10-8-12/h11,13H,5-10H2,1-4H3. The first-order valence-corrected chi connectivity index (χ1v) is 5.95. The van der Waals surface area contributed by atoms with Crippen LogP contribution in [-0.2, 0) is 0 Å². The van der Waals surface area contributed by atoms with E-state index in [2.05, 4.69) is 38.2 Å². The molecule has 1 N–H and O–H groups in total. The van der Waals surface area contributed by atoms with Crippen molar-refractivity contribution in [1.82, 2.24) is 10.2 Å². The average molecular weight is 198 g/mol. The van der Waals surface area contributed by atoms with Gasteiger partial charge in [0, 0.05) is 5.54 Å². The van der Waals surface area contributed by atoms with E-state index in [1.54, 1.807) is 0 Å². The highest BCUT2D eigenvalue weighted by Crippen LogP contribution is 2.30. The van der Waals surface area contributed by atoms with E-state index in [4.69, 9.17) is 0 Å². The second kappa shape index (κ2) is 5.13. The van der Waals surface area contributed by atoms with Gasteiger partial charge in [-0.05, 0) is 58.8 Å². The van der Waals surface area contributed by atoms with Crippen molar-refractivity contribution in [2.24, 2.45) is 5.92 Å². The Hall–Kier alpha value is -0.0800. The quantitative estimate of drug-likeness (QED) is 0.744. The van der Waals surface area contributed by atoms with Crippen LogP contribution in [0.25, 0.3) is 0 Å². The molecule has 1 heterocycles. The molecular formula is C12H26N2. The summed E-state index contributed by atoms with van der Waals surface area (Å²) in [5.74, 6) is 0.835. The van der Waals surface area contributed by atoms with Gasteiger partial charge in [0.1, 0.15) is 0 Å². The first-order valence-electron chi connectivity index (χ1n) is 5.95. The number of piperidine rings is 1. The molecule has 1 aliphatic rings. The van der Waals surface area contributed by atoms with Gasteiger partial charge in [0.2, 0.25) is 0 Å². The van der Waals surface area contributed by atoms with Crippen molar-refractivity contribution in [3.63, 3.8) is 0 Å². The van der Waals surface area contributed by atoms with Gasteiger partial charge in [-0.3, -0.25) is 0 Å². The Kier molecular flexibility index (Phi) is 4.39. The largest absolute Gasteiger partial charge is 0.317 e. The Labute approximate surface area is 89.1 Å². The zero-order chi connectivity index (χ0) is 10.6. The van der Waals surface area contributed by atoms with Gasteiger partial charge in [0.25, 0.3) is 0 Å². The molecule has 2 nitrogen and oxygen atoms in total. The summed E-state index contributed by atoms with van der Waals surface area (Å²) in [6, 6.07) is 0. The van der Waals surface area contributed by atoms with Crippen LogP contribution in [0.1, 0.15) is 39.5 Å². The van der Waals surface area contributed by atoms with Gasteiger partial charge < -0.3 is 10.2 Å². The molecule has 0 aliphatic carbocycles. The molecule has 0 spiro atoms. The van der Waals surface area contributed by atoms with Crippen LogP contribution in [0.3, 0.4) is 0 Å². The van der Waals surface area contributed by atoms with E-state index in [-0.39, 0.29) is 0 Å². The van der Waals surface area contributed by atoms with Gasteiger partial charge in [-0.2, -0.15) is 0 Å². The average Bonchev–Trinajstić information content (AvgIpc) is 2.16. The summed E-state index contributed by atoms with van der Waals surface area (Å²) in [6.45, 7) is 7.03. The van der Waals surface area contributed by atoms with Crippen LogP contribution in [-0.4, -0.2) is 37.6 Å². The number of hydrogen-bond donors (Lipinski definition) is 1. The second-order valence-electron chi connectivity index (χ2n) is 5.30. The lowest BCUT2D eigenvalue weighted by Crippen LogP contribution is -2.51. The van der Waals surface area contributed by atoms with Crippen LogP contribution in [0.5, 0.6) is 0 Å². The highest BCUT2D eigenvalue weighted by Gasteiger charge is 2.33. The monoisotopic (exact) mass is 198 g/mol.